The molecule has 18 aromatic rings. The minimum absolute atomic E-state index is 1.31. The van der Waals surface area contributed by atoms with Crippen molar-refractivity contribution in [3.8, 4) is 0 Å². The number of aryl methyl sites for hydroxylation is 23. The molecule has 18 rings (SSSR count). The third-order valence-electron chi connectivity index (χ3n) is 23.2. The Morgan fingerprint density at radius 1 is 0.175 bits per heavy atom. The maximum Gasteiger partial charge on any atom is 0.0491 e. The summed E-state index contributed by atoms with van der Waals surface area (Å²) in [6.07, 6.45) is 0. The van der Waals surface area contributed by atoms with Crippen molar-refractivity contribution in [1.82, 2.24) is 13.7 Å². The second-order valence-electron chi connectivity index (χ2n) is 30.2. The van der Waals surface area contributed by atoms with Crippen molar-refractivity contribution in [2.75, 3.05) is 0 Å². The maximum atomic E-state index is 2.37. The summed E-state index contributed by atoms with van der Waals surface area (Å²) in [6, 6.07) is 58.8. The molecular formula is C97H101N3S3. The summed E-state index contributed by atoms with van der Waals surface area (Å²) < 4.78 is 15.6. The molecule has 6 heterocycles. The normalized spacial score (nSPS) is 11.5. The van der Waals surface area contributed by atoms with Crippen molar-refractivity contribution in [3.63, 3.8) is 0 Å². The Kier molecular flexibility index (Phi) is 19.6. The fraction of sp³-hybridized carbons (Fsp3) is 0.258. The molecule has 0 bridgehead atoms. The first-order valence-corrected chi connectivity index (χ1v) is 38.9. The van der Waals surface area contributed by atoms with Crippen LogP contribution >= 0.6 is 34.0 Å². The largest absolute Gasteiger partial charge is 0.344 e. The van der Waals surface area contributed by atoms with Crippen LogP contribution in [0.2, 0.25) is 0 Å². The molecule has 0 fully saturated rings. The molecule has 6 heteroatoms. The molecule has 3 nitrogen and oxygen atoms in total. The van der Waals surface area contributed by atoms with Gasteiger partial charge in [0.25, 0.3) is 0 Å². The highest BCUT2D eigenvalue weighted by molar-refractivity contribution is 7.27. The molecule has 12 aromatic carbocycles. The molecule has 0 aliphatic carbocycles. The Morgan fingerprint density at radius 2 is 0.417 bits per heavy atom. The van der Waals surface area contributed by atoms with Gasteiger partial charge in [0.2, 0.25) is 0 Å². The first-order chi connectivity index (χ1) is 48.9. The van der Waals surface area contributed by atoms with Gasteiger partial charge in [-0.1, -0.05) is 84.9 Å². The number of fused-ring (bicyclic) bond motifs is 18. The Hall–Kier alpha value is -9.30. The monoisotopic (exact) mass is 1400 g/mol. The number of thiophene rings is 3. The molecule has 6 aromatic heterocycles. The van der Waals surface area contributed by atoms with Crippen LogP contribution in [-0.4, -0.2) is 13.7 Å². The zero-order valence-corrected chi connectivity index (χ0v) is 68.0. The van der Waals surface area contributed by atoms with Gasteiger partial charge in [-0.15, -0.1) is 34.0 Å². The van der Waals surface area contributed by atoms with Crippen LogP contribution in [0.3, 0.4) is 0 Å². The zero-order chi connectivity index (χ0) is 73.8. The van der Waals surface area contributed by atoms with Crippen LogP contribution in [0.5, 0.6) is 0 Å². The third-order valence-corrected chi connectivity index (χ3v) is 27.4. The lowest BCUT2D eigenvalue weighted by Gasteiger charge is -2.07. The molecule has 0 radical (unpaired) electrons. The van der Waals surface area contributed by atoms with Crippen LogP contribution in [-0.2, 0) is 21.1 Å². The van der Waals surface area contributed by atoms with Gasteiger partial charge in [0.15, 0.2) is 0 Å². The standard InChI is InChI=1S/C18H20S.C17H19N.C16H17N.C16H16S.C15H15N.C15H14S/c1-9-7-15-16-8-10(2)12(4)14(6)18(16)19-17(15)13(5)11(9)3;1-10-6-14-15-7-11(2)13(4)9-17(15)18(5)16(14)8-12(10)3;1-10-5-6-13-14-8-11(2)12(3)9-16(14)17(4)15(13)7-10;1-9-5-7-13-14-8-6-10(2)12(4)16(14)17-15(13)11(9)3;1-10-4-6-12-13-7-5-11(2)9-15(13)16(3)14(12)8-10;1-9-4-6-12-13-7-5-10(2)11(3)15(13)16-14(12)8-9/h7-8H,1-6H3;6-9H,1-5H3;5-9H,1-4H3;5-8H,1-4H3;4-9H,1-3H3;4-8H,1-3H3. The molecule has 0 saturated heterocycles. The summed E-state index contributed by atoms with van der Waals surface area (Å²) in [5.41, 5.74) is 38.5. The lowest BCUT2D eigenvalue weighted by molar-refractivity contribution is 1.01. The van der Waals surface area contributed by atoms with Crippen molar-refractivity contribution in [2.45, 2.75) is 152 Å². The first kappa shape index (κ1) is 72.1. The quantitative estimate of drug-likeness (QED) is 0.144. The highest BCUT2D eigenvalue weighted by Crippen LogP contribution is 2.44. The Balaban J connectivity index is 0.000000110. The molecular weight excluding hydrogens is 1300 g/mol. The van der Waals surface area contributed by atoms with E-state index >= 15 is 0 Å². The average molecular weight is 1410 g/mol. The molecule has 0 atom stereocenters. The third kappa shape index (κ3) is 13.1. The molecule has 0 amide bonds. The molecule has 0 saturated carbocycles. The van der Waals surface area contributed by atoms with Crippen LogP contribution in [0.1, 0.15) is 122 Å². The smallest absolute Gasteiger partial charge is 0.0491 e. The molecule has 0 unspecified atom stereocenters. The lowest BCUT2D eigenvalue weighted by atomic mass is 9.97. The highest BCUT2D eigenvalue weighted by Gasteiger charge is 2.18. The number of hydrogen-bond acceptors (Lipinski definition) is 3. The van der Waals surface area contributed by atoms with Gasteiger partial charge in [0.05, 0.1) is 0 Å². The van der Waals surface area contributed by atoms with E-state index in [9.17, 15) is 0 Å². The predicted octanol–water partition coefficient (Wildman–Crippen LogP) is 28.9. The molecule has 0 N–H and O–H groups in total. The zero-order valence-electron chi connectivity index (χ0n) is 65.6. The summed E-state index contributed by atoms with van der Waals surface area (Å²) in [4.78, 5) is 0. The summed E-state index contributed by atoms with van der Waals surface area (Å²) in [7, 11) is 6.46. The van der Waals surface area contributed by atoms with Crippen molar-refractivity contribution < 1.29 is 0 Å². The van der Waals surface area contributed by atoms with Gasteiger partial charge in [-0.25, -0.2) is 0 Å². The van der Waals surface area contributed by atoms with Crippen LogP contribution in [0.4, 0.5) is 0 Å². The van der Waals surface area contributed by atoms with Crippen LogP contribution < -0.4 is 0 Å². The highest BCUT2D eigenvalue weighted by atomic mass is 32.1. The molecule has 522 valence electrons. The van der Waals surface area contributed by atoms with Gasteiger partial charge in [-0.05, 0) is 348 Å². The van der Waals surface area contributed by atoms with Gasteiger partial charge in [0, 0.05) is 147 Å². The van der Waals surface area contributed by atoms with E-state index < -0.39 is 0 Å². The van der Waals surface area contributed by atoms with Crippen molar-refractivity contribution in [1.29, 1.82) is 0 Å². The van der Waals surface area contributed by atoms with Gasteiger partial charge in [-0.2, -0.15) is 0 Å². The number of nitrogens with zero attached hydrogens (tertiary/aromatic N) is 3. The fourth-order valence-corrected chi connectivity index (χ4v) is 19.3. The van der Waals surface area contributed by atoms with E-state index in [2.05, 4.69) is 345 Å². The van der Waals surface area contributed by atoms with Crippen molar-refractivity contribution >= 4 is 160 Å². The van der Waals surface area contributed by atoms with E-state index in [1.807, 2.05) is 34.0 Å². The minimum Gasteiger partial charge on any atom is -0.344 e. The Morgan fingerprint density at radius 3 is 0.767 bits per heavy atom. The fourth-order valence-electron chi connectivity index (χ4n) is 15.1. The molecule has 103 heavy (non-hydrogen) atoms. The summed E-state index contributed by atoms with van der Waals surface area (Å²) in [5, 5.41) is 16.7. The van der Waals surface area contributed by atoms with E-state index in [1.54, 1.807) is 0 Å². The van der Waals surface area contributed by atoms with Crippen LogP contribution in [0.15, 0.2) is 158 Å². The summed E-state index contributed by atoms with van der Waals surface area (Å²) in [5.74, 6) is 0. The van der Waals surface area contributed by atoms with Crippen LogP contribution in [0.25, 0.3) is 126 Å². The van der Waals surface area contributed by atoms with Gasteiger partial charge in [0.1, 0.15) is 0 Å². The molecule has 0 aliphatic rings. The topological polar surface area (TPSA) is 14.8 Å². The van der Waals surface area contributed by atoms with Crippen LogP contribution in [0, 0.1) is 152 Å². The minimum atomic E-state index is 1.31. The number of benzene rings is 12. The number of aromatic nitrogens is 3. The van der Waals surface area contributed by atoms with Crippen molar-refractivity contribution in [2.24, 2.45) is 21.1 Å². The predicted molar refractivity (Wildman–Crippen MR) is 463 cm³/mol. The van der Waals surface area contributed by atoms with Gasteiger partial charge < -0.3 is 13.7 Å². The number of rotatable bonds is 0. The van der Waals surface area contributed by atoms with E-state index in [0.717, 1.165) is 0 Å². The van der Waals surface area contributed by atoms with E-state index in [4.69, 9.17) is 0 Å². The first-order valence-electron chi connectivity index (χ1n) is 36.5. The van der Waals surface area contributed by atoms with E-state index in [1.165, 1.54) is 248 Å². The van der Waals surface area contributed by atoms with E-state index in [-0.39, 0.29) is 0 Å². The number of hydrogen-bond donors (Lipinski definition) is 0. The molecule has 0 aliphatic heterocycles. The Labute approximate surface area is 622 Å². The average Bonchev–Trinajstić information content (AvgIpc) is 1.63. The van der Waals surface area contributed by atoms with Gasteiger partial charge >= 0.3 is 0 Å². The lowest BCUT2D eigenvalue weighted by Crippen LogP contribution is -1.89. The summed E-state index contributed by atoms with van der Waals surface area (Å²) in [6.45, 7) is 48.4. The van der Waals surface area contributed by atoms with E-state index in [0.29, 0.717) is 0 Å². The van der Waals surface area contributed by atoms with Crippen molar-refractivity contribution in [3.05, 3.63) is 280 Å². The Bertz CT molecular complexity index is 6210. The second-order valence-corrected chi connectivity index (χ2v) is 33.3. The molecule has 0 spiro atoms. The van der Waals surface area contributed by atoms with Gasteiger partial charge in [-0.3, -0.25) is 0 Å². The second kappa shape index (κ2) is 28.1. The maximum absolute atomic E-state index is 2.37. The SMILES string of the molecule is Cc1cc2c(sc3c(C)c(C)c(C)cc32)c(C)c1C.Cc1cc2c3cc(C)c(C)cc3n(C)c2cc1C.Cc1ccc2c(c1)sc1c(C)c(C)ccc12.Cc1ccc2c(sc3c(C)c(C)ccc32)c1C.Cc1ccc2c3cc(C)c(C)cc3n(C)c2c1.Cc1ccc2c3ccc(C)cc3n(C)c2c1. The summed E-state index contributed by atoms with van der Waals surface area (Å²) >= 11 is 5.82.